The van der Waals surface area contributed by atoms with Crippen LogP contribution >= 0.6 is 7.60 Å². The maximum absolute atomic E-state index is 12.4. The van der Waals surface area contributed by atoms with E-state index in [0.717, 1.165) is 16.3 Å². The molecule has 1 unspecified atom stereocenters. The van der Waals surface area contributed by atoms with E-state index in [1.54, 1.807) is 12.1 Å². The molecule has 0 amide bonds. The van der Waals surface area contributed by atoms with E-state index in [-0.39, 0.29) is 11.4 Å². The van der Waals surface area contributed by atoms with Gasteiger partial charge >= 0.3 is 7.60 Å². The molecule has 0 aromatic heterocycles. The molecule has 19 heavy (non-hydrogen) atoms. The molecule has 0 bridgehead atoms. The Labute approximate surface area is 112 Å². The Hall–Kier alpha value is -1.35. The molecular weight excluding hydrogens is 263 g/mol. The number of fused-ring (bicyclic) bond motifs is 1. The molecule has 2 aromatic carbocycles. The highest BCUT2D eigenvalue weighted by atomic mass is 31.2. The number of hydrogen-bond acceptors (Lipinski definition) is 4. The van der Waals surface area contributed by atoms with Gasteiger partial charge in [0.05, 0.1) is 5.66 Å². The molecular formula is C14H17O4P. The smallest absolute Gasteiger partial charge is 0.337 e. The Morgan fingerprint density at radius 3 is 2.26 bits per heavy atom. The van der Waals surface area contributed by atoms with Crippen LogP contribution in [0.25, 0.3) is 10.8 Å². The lowest BCUT2D eigenvalue weighted by Crippen LogP contribution is -1.99. The van der Waals surface area contributed by atoms with E-state index in [9.17, 15) is 9.67 Å². The molecule has 0 aliphatic carbocycles. The second-order valence-corrected chi connectivity index (χ2v) is 6.96. The van der Waals surface area contributed by atoms with Crippen LogP contribution in [0.4, 0.5) is 0 Å². The average Bonchev–Trinajstić information content (AvgIpc) is 2.45. The van der Waals surface area contributed by atoms with E-state index in [2.05, 4.69) is 0 Å². The lowest BCUT2D eigenvalue weighted by atomic mass is 10.1. The van der Waals surface area contributed by atoms with Gasteiger partial charge in [0.2, 0.25) is 0 Å². The van der Waals surface area contributed by atoms with Crippen LogP contribution < -0.4 is 0 Å². The molecule has 0 saturated heterocycles. The summed E-state index contributed by atoms with van der Waals surface area (Å²) in [7, 11) is -0.354. The van der Waals surface area contributed by atoms with Gasteiger partial charge < -0.3 is 14.2 Å². The third-order valence-corrected chi connectivity index (χ3v) is 5.58. The largest absolute Gasteiger partial charge is 0.508 e. The zero-order chi connectivity index (χ0) is 14.0. The van der Waals surface area contributed by atoms with Gasteiger partial charge in [-0.05, 0) is 35.4 Å². The second-order valence-electron chi connectivity index (χ2n) is 4.37. The molecule has 1 atom stereocenters. The van der Waals surface area contributed by atoms with Crippen molar-refractivity contribution in [1.29, 1.82) is 0 Å². The van der Waals surface area contributed by atoms with E-state index in [0.29, 0.717) is 0 Å². The number of aromatic hydroxyl groups is 1. The summed E-state index contributed by atoms with van der Waals surface area (Å²) in [5.74, 6) is 0.229. The summed E-state index contributed by atoms with van der Waals surface area (Å²) in [5.41, 5.74) is 0.533. The van der Waals surface area contributed by atoms with Crippen LogP contribution in [-0.4, -0.2) is 19.3 Å². The van der Waals surface area contributed by atoms with Crippen molar-refractivity contribution in [1.82, 2.24) is 0 Å². The Morgan fingerprint density at radius 1 is 1.05 bits per heavy atom. The quantitative estimate of drug-likeness (QED) is 0.857. The first-order chi connectivity index (χ1) is 9.00. The molecule has 5 heteroatoms. The van der Waals surface area contributed by atoms with Crippen molar-refractivity contribution in [3.8, 4) is 5.75 Å². The monoisotopic (exact) mass is 280 g/mol. The standard InChI is InChI=1S/C14H17O4P/c1-10(19(16,17-2)18-3)11-4-5-13-9-14(15)7-6-12(13)8-11/h4-10,15H,1-3H3. The third kappa shape index (κ3) is 2.66. The van der Waals surface area contributed by atoms with Crippen molar-refractivity contribution in [3.05, 3.63) is 42.0 Å². The Morgan fingerprint density at radius 2 is 1.63 bits per heavy atom. The van der Waals surface area contributed by atoms with Crippen molar-refractivity contribution in [2.24, 2.45) is 0 Å². The van der Waals surface area contributed by atoms with Gasteiger partial charge in [0.25, 0.3) is 0 Å². The number of hydrogen-bond donors (Lipinski definition) is 1. The van der Waals surface area contributed by atoms with Gasteiger partial charge in [0.15, 0.2) is 0 Å². The number of phenolic OH excluding ortho intramolecular Hbond substituents is 1. The van der Waals surface area contributed by atoms with Gasteiger partial charge in [-0.25, -0.2) is 0 Å². The van der Waals surface area contributed by atoms with Crippen molar-refractivity contribution in [2.75, 3.05) is 14.2 Å². The molecule has 0 heterocycles. The summed E-state index contributed by atoms with van der Waals surface area (Å²) < 4.78 is 22.4. The molecule has 4 nitrogen and oxygen atoms in total. The molecule has 1 N–H and O–H groups in total. The van der Waals surface area contributed by atoms with Crippen molar-refractivity contribution < 1.29 is 18.7 Å². The molecule has 2 aromatic rings. The summed E-state index contributed by atoms with van der Waals surface area (Å²) in [6, 6.07) is 10.8. The van der Waals surface area contributed by atoms with Crippen LogP contribution in [0, 0.1) is 0 Å². The molecule has 0 saturated carbocycles. The lowest BCUT2D eigenvalue weighted by molar-refractivity contribution is 0.267. The topological polar surface area (TPSA) is 55.8 Å². The fraction of sp³-hybridized carbons (Fsp3) is 0.286. The maximum atomic E-state index is 12.4. The Bertz CT molecular complexity index is 630. The van der Waals surface area contributed by atoms with Gasteiger partial charge in [-0.2, -0.15) is 0 Å². The van der Waals surface area contributed by atoms with Crippen LogP contribution in [0.5, 0.6) is 5.75 Å². The number of phenols is 1. The number of benzene rings is 2. The van der Waals surface area contributed by atoms with Crippen LogP contribution in [0.1, 0.15) is 18.1 Å². The first kappa shape index (κ1) is 14.1. The van der Waals surface area contributed by atoms with Crippen LogP contribution in [0.2, 0.25) is 0 Å². The molecule has 0 fully saturated rings. The van der Waals surface area contributed by atoms with Crippen LogP contribution in [-0.2, 0) is 13.6 Å². The van der Waals surface area contributed by atoms with Crippen LogP contribution in [0.3, 0.4) is 0 Å². The fourth-order valence-electron chi connectivity index (χ4n) is 2.08. The highest BCUT2D eigenvalue weighted by molar-refractivity contribution is 7.54. The van der Waals surface area contributed by atoms with E-state index in [1.165, 1.54) is 14.2 Å². The van der Waals surface area contributed by atoms with Gasteiger partial charge in [-0.15, -0.1) is 0 Å². The average molecular weight is 280 g/mol. The second kappa shape index (κ2) is 5.33. The van der Waals surface area contributed by atoms with E-state index < -0.39 is 7.60 Å². The lowest BCUT2D eigenvalue weighted by Gasteiger charge is -2.21. The minimum atomic E-state index is -3.13. The zero-order valence-electron chi connectivity index (χ0n) is 11.2. The minimum Gasteiger partial charge on any atom is -0.508 e. The normalized spacial score (nSPS) is 13.6. The maximum Gasteiger partial charge on any atom is 0.337 e. The predicted molar refractivity (Wildman–Crippen MR) is 75.7 cm³/mol. The molecule has 0 aliphatic rings. The Kier molecular flexibility index (Phi) is 3.95. The predicted octanol–water partition coefficient (Wildman–Crippen LogP) is 4.09. The summed E-state index contributed by atoms with van der Waals surface area (Å²) >= 11 is 0. The molecule has 0 spiro atoms. The van der Waals surface area contributed by atoms with Crippen molar-refractivity contribution in [2.45, 2.75) is 12.6 Å². The van der Waals surface area contributed by atoms with Gasteiger partial charge in [-0.1, -0.05) is 24.3 Å². The highest BCUT2D eigenvalue weighted by Gasteiger charge is 2.31. The molecule has 0 radical (unpaired) electrons. The molecule has 102 valence electrons. The minimum absolute atomic E-state index is 0.229. The van der Waals surface area contributed by atoms with Crippen molar-refractivity contribution >= 4 is 18.4 Å². The third-order valence-electron chi connectivity index (χ3n) is 3.31. The highest BCUT2D eigenvalue weighted by Crippen LogP contribution is 2.59. The summed E-state index contributed by atoms with van der Waals surface area (Å²) in [6.45, 7) is 1.81. The SMILES string of the molecule is COP(=O)(OC)C(C)c1ccc2cc(O)ccc2c1. The molecule has 0 aliphatic heterocycles. The van der Waals surface area contributed by atoms with Gasteiger partial charge in [0, 0.05) is 14.2 Å². The van der Waals surface area contributed by atoms with E-state index in [1.807, 2.05) is 31.2 Å². The summed E-state index contributed by atoms with van der Waals surface area (Å²) in [4.78, 5) is 0. The first-order valence-corrected chi connectivity index (χ1v) is 7.55. The molecule has 2 rings (SSSR count). The van der Waals surface area contributed by atoms with Crippen LogP contribution in [0.15, 0.2) is 36.4 Å². The fourth-order valence-corrected chi connectivity index (χ4v) is 3.39. The first-order valence-electron chi connectivity index (χ1n) is 5.94. The Balaban J connectivity index is 2.46. The van der Waals surface area contributed by atoms with Gasteiger partial charge in [-0.3, -0.25) is 4.57 Å². The summed E-state index contributed by atoms with van der Waals surface area (Å²) in [6.07, 6.45) is 0. The van der Waals surface area contributed by atoms with E-state index >= 15 is 0 Å². The zero-order valence-corrected chi connectivity index (χ0v) is 12.1. The van der Waals surface area contributed by atoms with Gasteiger partial charge in [0.1, 0.15) is 5.75 Å². The van der Waals surface area contributed by atoms with E-state index in [4.69, 9.17) is 9.05 Å². The van der Waals surface area contributed by atoms with Crippen molar-refractivity contribution in [3.63, 3.8) is 0 Å². The number of rotatable bonds is 4. The summed E-state index contributed by atoms with van der Waals surface area (Å²) in [5, 5.41) is 11.3.